The van der Waals surface area contributed by atoms with Gasteiger partial charge in [0.15, 0.2) is 0 Å². The molecule has 0 atom stereocenters. The van der Waals surface area contributed by atoms with Crippen LogP contribution in [0.4, 0.5) is 0 Å². The standard InChI is InChI=1S/C13H22N2/c1-9(2)11-8-12(13(3,4)5)14-15(11)10-6-7-10/h8-10H,6-7H2,1-5H3. The maximum atomic E-state index is 4.78. The summed E-state index contributed by atoms with van der Waals surface area (Å²) in [4.78, 5) is 0. The molecule has 1 aliphatic carbocycles. The van der Waals surface area contributed by atoms with Gasteiger partial charge in [0, 0.05) is 11.1 Å². The van der Waals surface area contributed by atoms with Gasteiger partial charge < -0.3 is 0 Å². The first-order valence-corrected chi connectivity index (χ1v) is 5.99. The minimum Gasteiger partial charge on any atom is -0.266 e. The first-order valence-electron chi connectivity index (χ1n) is 5.99. The second kappa shape index (κ2) is 3.36. The molecule has 2 rings (SSSR count). The quantitative estimate of drug-likeness (QED) is 0.722. The third-order valence-corrected chi connectivity index (χ3v) is 3.02. The maximum Gasteiger partial charge on any atom is 0.0681 e. The van der Waals surface area contributed by atoms with Crippen LogP contribution in [0.3, 0.4) is 0 Å². The fourth-order valence-corrected chi connectivity index (χ4v) is 1.82. The van der Waals surface area contributed by atoms with Gasteiger partial charge >= 0.3 is 0 Å². The third-order valence-electron chi connectivity index (χ3n) is 3.02. The van der Waals surface area contributed by atoms with Gasteiger partial charge in [-0.15, -0.1) is 0 Å². The summed E-state index contributed by atoms with van der Waals surface area (Å²) in [6.45, 7) is 11.2. The van der Waals surface area contributed by atoms with Crippen LogP contribution in [0.15, 0.2) is 6.07 Å². The Kier molecular flexibility index (Phi) is 2.40. The third kappa shape index (κ3) is 2.09. The van der Waals surface area contributed by atoms with Crippen molar-refractivity contribution in [1.82, 2.24) is 9.78 Å². The molecule has 84 valence electrons. The Labute approximate surface area is 92.7 Å². The summed E-state index contributed by atoms with van der Waals surface area (Å²) in [6, 6.07) is 2.99. The summed E-state index contributed by atoms with van der Waals surface area (Å²) in [5.41, 5.74) is 2.81. The van der Waals surface area contributed by atoms with Crippen LogP contribution in [0.25, 0.3) is 0 Å². The van der Waals surface area contributed by atoms with Gasteiger partial charge in [-0.25, -0.2) is 0 Å². The molecule has 0 bridgehead atoms. The van der Waals surface area contributed by atoms with E-state index in [1.54, 1.807) is 0 Å². The molecule has 0 radical (unpaired) electrons. The Bertz CT molecular complexity index is 332. The average molecular weight is 206 g/mol. The summed E-state index contributed by atoms with van der Waals surface area (Å²) >= 11 is 0. The van der Waals surface area contributed by atoms with Crippen molar-refractivity contribution in [3.63, 3.8) is 0 Å². The largest absolute Gasteiger partial charge is 0.266 e. The smallest absolute Gasteiger partial charge is 0.0681 e. The van der Waals surface area contributed by atoms with Crippen LogP contribution in [-0.4, -0.2) is 9.78 Å². The fourth-order valence-electron chi connectivity index (χ4n) is 1.82. The van der Waals surface area contributed by atoms with Crippen molar-refractivity contribution < 1.29 is 0 Å². The van der Waals surface area contributed by atoms with E-state index in [9.17, 15) is 0 Å². The van der Waals surface area contributed by atoms with E-state index in [-0.39, 0.29) is 5.41 Å². The minimum atomic E-state index is 0.170. The Morgan fingerprint density at radius 1 is 1.33 bits per heavy atom. The van der Waals surface area contributed by atoms with Gasteiger partial charge in [-0.1, -0.05) is 34.6 Å². The van der Waals surface area contributed by atoms with Crippen LogP contribution in [0, 0.1) is 0 Å². The van der Waals surface area contributed by atoms with Gasteiger partial charge in [0.05, 0.1) is 11.7 Å². The lowest BCUT2D eigenvalue weighted by atomic mass is 9.92. The Hall–Kier alpha value is -0.790. The normalized spacial score (nSPS) is 17.5. The lowest BCUT2D eigenvalue weighted by Crippen LogP contribution is -2.12. The average Bonchev–Trinajstić information content (AvgIpc) is 2.81. The lowest BCUT2D eigenvalue weighted by Gasteiger charge is -2.14. The highest BCUT2D eigenvalue weighted by Crippen LogP contribution is 2.38. The zero-order valence-corrected chi connectivity index (χ0v) is 10.5. The highest BCUT2D eigenvalue weighted by atomic mass is 15.3. The molecule has 0 saturated heterocycles. The molecule has 1 saturated carbocycles. The Balaban J connectivity index is 2.40. The molecule has 0 N–H and O–H groups in total. The zero-order chi connectivity index (χ0) is 11.2. The van der Waals surface area contributed by atoms with E-state index in [4.69, 9.17) is 5.10 Å². The van der Waals surface area contributed by atoms with E-state index in [0.29, 0.717) is 12.0 Å². The molecule has 1 aliphatic rings. The number of hydrogen-bond donors (Lipinski definition) is 0. The molecule has 0 aromatic carbocycles. The molecular formula is C13H22N2. The van der Waals surface area contributed by atoms with E-state index < -0.39 is 0 Å². The van der Waals surface area contributed by atoms with Crippen LogP contribution in [-0.2, 0) is 5.41 Å². The SMILES string of the molecule is CC(C)c1cc(C(C)(C)C)nn1C1CC1. The molecule has 1 aromatic heterocycles. The highest BCUT2D eigenvalue weighted by molar-refractivity contribution is 5.21. The second-order valence-electron chi connectivity index (χ2n) is 6.03. The Morgan fingerprint density at radius 3 is 2.33 bits per heavy atom. The molecule has 0 unspecified atom stereocenters. The molecule has 2 heteroatoms. The predicted octanol–water partition coefficient (Wildman–Crippen LogP) is 3.64. The molecule has 0 spiro atoms. The molecule has 15 heavy (non-hydrogen) atoms. The summed E-state index contributed by atoms with van der Waals surface area (Å²) < 4.78 is 2.27. The first-order chi connectivity index (χ1) is 6.89. The van der Waals surface area contributed by atoms with Crippen LogP contribution in [0.1, 0.15) is 70.8 Å². The number of rotatable bonds is 2. The van der Waals surface area contributed by atoms with Crippen molar-refractivity contribution in [3.8, 4) is 0 Å². The molecule has 1 aromatic rings. The highest BCUT2D eigenvalue weighted by Gasteiger charge is 2.30. The van der Waals surface area contributed by atoms with Gasteiger partial charge in [-0.3, -0.25) is 4.68 Å². The van der Waals surface area contributed by atoms with E-state index in [2.05, 4.69) is 45.4 Å². The molecule has 0 aliphatic heterocycles. The van der Waals surface area contributed by atoms with E-state index in [0.717, 1.165) is 0 Å². The van der Waals surface area contributed by atoms with Crippen molar-refractivity contribution in [2.75, 3.05) is 0 Å². The number of nitrogens with zero attached hydrogens (tertiary/aromatic N) is 2. The van der Waals surface area contributed by atoms with Crippen molar-refractivity contribution in [3.05, 3.63) is 17.5 Å². The summed E-state index contributed by atoms with van der Waals surface area (Å²) in [5.74, 6) is 0.578. The van der Waals surface area contributed by atoms with Crippen molar-refractivity contribution in [1.29, 1.82) is 0 Å². The monoisotopic (exact) mass is 206 g/mol. The van der Waals surface area contributed by atoms with Crippen molar-refractivity contribution in [2.45, 2.75) is 64.8 Å². The van der Waals surface area contributed by atoms with Crippen molar-refractivity contribution >= 4 is 0 Å². The molecule has 1 heterocycles. The Morgan fingerprint density at radius 2 is 1.93 bits per heavy atom. The van der Waals surface area contributed by atoms with Gasteiger partial charge in [-0.2, -0.15) is 5.10 Å². The van der Waals surface area contributed by atoms with Crippen LogP contribution in [0.5, 0.6) is 0 Å². The van der Waals surface area contributed by atoms with Gasteiger partial charge in [0.25, 0.3) is 0 Å². The van der Waals surface area contributed by atoms with E-state index in [1.807, 2.05) is 0 Å². The van der Waals surface area contributed by atoms with Gasteiger partial charge in [-0.05, 0) is 24.8 Å². The molecule has 1 fully saturated rings. The minimum absolute atomic E-state index is 0.170. The zero-order valence-electron chi connectivity index (χ0n) is 10.5. The molecule has 2 nitrogen and oxygen atoms in total. The van der Waals surface area contributed by atoms with Gasteiger partial charge in [0.2, 0.25) is 0 Å². The summed E-state index contributed by atoms with van der Waals surface area (Å²) in [5, 5.41) is 4.78. The maximum absolute atomic E-state index is 4.78. The van der Waals surface area contributed by atoms with Crippen LogP contribution in [0.2, 0.25) is 0 Å². The topological polar surface area (TPSA) is 17.8 Å². The van der Waals surface area contributed by atoms with E-state index in [1.165, 1.54) is 24.2 Å². The number of aromatic nitrogens is 2. The van der Waals surface area contributed by atoms with Gasteiger partial charge in [0.1, 0.15) is 0 Å². The lowest BCUT2D eigenvalue weighted by molar-refractivity contribution is 0.526. The van der Waals surface area contributed by atoms with Crippen molar-refractivity contribution in [2.24, 2.45) is 0 Å². The van der Waals surface area contributed by atoms with Crippen LogP contribution >= 0.6 is 0 Å². The number of hydrogen-bond acceptors (Lipinski definition) is 1. The molecular weight excluding hydrogens is 184 g/mol. The summed E-state index contributed by atoms with van der Waals surface area (Å²) in [6.07, 6.45) is 2.62. The van der Waals surface area contributed by atoms with E-state index >= 15 is 0 Å². The van der Waals surface area contributed by atoms with Crippen LogP contribution < -0.4 is 0 Å². The first kappa shape index (κ1) is 10.7. The summed E-state index contributed by atoms with van der Waals surface area (Å²) in [7, 11) is 0. The fraction of sp³-hybridized carbons (Fsp3) is 0.769. The second-order valence-corrected chi connectivity index (χ2v) is 6.03. The predicted molar refractivity (Wildman–Crippen MR) is 63.3 cm³/mol. The molecule has 0 amide bonds.